The lowest BCUT2D eigenvalue weighted by Gasteiger charge is -2.70. The normalized spacial score (nSPS) is 23.7. The summed E-state index contributed by atoms with van der Waals surface area (Å²) in [5.41, 5.74) is -1.08. The van der Waals surface area contributed by atoms with Gasteiger partial charge < -0.3 is 21.3 Å². The molecular weight excluding hydrogens is 498 g/mol. The Morgan fingerprint density at radius 3 is 2.14 bits per heavy atom. The minimum atomic E-state index is -4.65. The second kappa shape index (κ2) is 8.52. The van der Waals surface area contributed by atoms with Gasteiger partial charge in [0.25, 0.3) is 5.91 Å². The lowest BCUT2D eigenvalue weighted by molar-refractivity contribution is -0.336. The van der Waals surface area contributed by atoms with Gasteiger partial charge in [-0.15, -0.1) is 0 Å². The molecule has 5 rings (SSSR count). The van der Waals surface area contributed by atoms with E-state index in [1.54, 1.807) is 24.3 Å². The molecule has 35 heavy (non-hydrogen) atoms. The van der Waals surface area contributed by atoms with Gasteiger partial charge in [0, 0.05) is 16.0 Å². The van der Waals surface area contributed by atoms with Crippen molar-refractivity contribution < 1.29 is 31.1 Å². The molecule has 0 saturated heterocycles. The van der Waals surface area contributed by atoms with Gasteiger partial charge in [-0.3, -0.25) is 4.79 Å². The van der Waals surface area contributed by atoms with Crippen LogP contribution in [-0.2, 0) is 6.18 Å². The van der Waals surface area contributed by atoms with Crippen LogP contribution in [0.5, 0.6) is 0 Å². The van der Waals surface area contributed by atoms with E-state index in [0.717, 1.165) is 30.1 Å². The number of amidine groups is 1. The van der Waals surface area contributed by atoms with Crippen LogP contribution < -0.4 is 27.2 Å². The molecule has 14 heteroatoms. The van der Waals surface area contributed by atoms with Crippen LogP contribution in [-0.4, -0.2) is 23.5 Å². The molecule has 0 heterocycles. The third-order valence-corrected chi connectivity index (χ3v) is 7.10. The van der Waals surface area contributed by atoms with Crippen LogP contribution in [0.25, 0.3) is 0 Å². The molecule has 0 unspecified atom stereocenters. The molecule has 0 spiro atoms. The number of hydrogen-bond donors (Lipinski definition) is 5. The molecule has 2 bridgehead atoms. The minimum absolute atomic E-state index is 0.113. The van der Waals surface area contributed by atoms with Crippen molar-refractivity contribution in [3.8, 4) is 0 Å². The summed E-state index contributed by atoms with van der Waals surface area (Å²) in [4.78, 5) is 13.4. The number of carbonyl (C=O) groups excluding carboxylic acids is 1. The summed E-state index contributed by atoms with van der Waals surface area (Å²) in [6.45, 7) is 0. The number of rotatable bonds is 6. The number of alkyl halides is 6. The lowest BCUT2D eigenvalue weighted by atomic mass is 9.39. The van der Waals surface area contributed by atoms with E-state index in [2.05, 4.69) is 20.6 Å². The Morgan fingerprint density at radius 1 is 1.00 bits per heavy atom. The largest absolute Gasteiger partial charge is 0.416 e. The van der Waals surface area contributed by atoms with Crippen molar-refractivity contribution in [2.75, 3.05) is 4.72 Å². The molecule has 3 saturated carbocycles. The number of hydrogen-bond acceptors (Lipinski definition) is 6. The summed E-state index contributed by atoms with van der Waals surface area (Å²) in [6.07, 6.45) is -9.69. The molecule has 3 aliphatic rings. The maximum absolute atomic E-state index is 13.3. The average molecular weight is 518 g/mol. The van der Waals surface area contributed by atoms with Gasteiger partial charge in [-0.05, 0) is 73.7 Å². The van der Waals surface area contributed by atoms with E-state index in [9.17, 15) is 31.1 Å². The molecule has 0 aliphatic heterocycles. The summed E-state index contributed by atoms with van der Waals surface area (Å²) in [5.74, 6) is 9.99. The minimum Gasteiger partial charge on any atom is -0.346 e. The second-order valence-electron chi connectivity index (χ2n) is 8.65. The zero-order valence-corrected chi connectivity index (χ0v) is 18.7. The topological polar surface area (TPSA) is 118 Å². The number of amides is 1. The first kappa shape index (κ1) is 25.0. The number of nitrogens with zero attached hydrogens (tertiary/aromatic N) is 1. The van der Waals surface area contributed by atoms with Gasteiger partial charge in [-0.25, -0.2) is 5.84 Å². The van der Waals surface area contributed by atoms with Crippen LogP contribution >= 0.6 is 11.9 Å². The summed E-state index contributed by atoms with van der Waals surface area (Å²) < 4.78 is 81.8. The van der Waals surface area contributed by atoms with E-state index in [1.807, 2.05) is 0 Å². The van der Waals surface area contributed by atoms with Gasteiger partial charge in [-0.2, -0.15) is 31.4 Å². The van der Waals surface area contributed by atoms with Gasteiger partial charge in [0.05, 0.1) is 22.2 Å². The van der Waals surface area contributed by atoms with Crippen molar-refractivity contribution >= 4 is 29.4 Å². The van der Waals surface area contributed by atoms with Crippen molar-refractivity contribution in [3.63, 3.8) is 0 Å². The number of benzene rings is 2. The third kappa shape index (κ3) is 4.59. The van der Waals surface area contributed by atoms with Crippen molar-refractivity contribution in [2.45, 2.75) is 42.0 Å². The number of carbonyl (C=O) groups is 1. The fraction of sp³-hybridized carbons (Fsp3) is 0.333. The third-order valence-electron chi connectivity index (χ3n) is 6.27. The molecule has 2 aromatic carbocycles. The number of halogens is 6. The maximum atomic E-state index is 13.3. The highest BCUT2D eigenvalue weighted by atomic mass is 32.2. The van der Waals surface area contributed by atoms with Crippen molar-refractivity contribution in [1.29, 1.82) is 0 Å². The number of hydrazone groups is 1. The predicted octanol–water partition coefficient (Wildman–Crippen LogP) is 4.12. The first-order valence-corrected chi connectivity index (χ1v) is 11.0. The van der Waals surface area contributed by atoms with Crippen molar-refractivity contribution in [1.82, 2.24) is 10.7 Å². The highest BCUT2D eigenvalue weighted by Gasteiger charge is 2.79. The molecule has 0 radical (unpaired) electrons. The second-order valence-corrected chi connectivity index (χ2v) is 9.53. The number of hydrazine groups is 1. The summed E-state index contributed by atoms with van der Waals surface area (Å²) in [6, 6.07) is 9.04. The standard InChI is InChI=1S/C21H20F6N6OS/c22-20(23,24)12-3-6-14(17(34)30-19-8-18(9-19,10-19)21(25,26)27)15(7-12)33-35-13-4-1-11(2-5-13)16(31-28)32-29/h1-7,33H,8-10,28-29H2,(H,30,34)(H,31,32). The molecule has 2 aromatic rings. The van der Waals surface area contributed by atoms with E-state index in [1.165, 1.54) is 0 Å². The van der Waals surface area contributed by atoms with Crippen LogP contribution in [0.15, 0.2) is 52.5 Å². The monoisotopic (exact) mass is 518 g/mol. The Bertz CT molecular complexity index is 1140. The van der Waals surface area contributed by atoms with Gasteiger partial charge in [0.15, 0.2) is 5.84 Å². The van der Waals surface area contributed by atoms with E-state index < -0.39 is 34.8 Å². The molecule has 3 aliphatic carbocycles. The summed E-state index contributed by atoms with van der Waals surface area (Å²) in [7, 11) is 0. The molecule has 3 fully saturated rings. The molecular formula is C21H20F6N6OS. The maximum Gasteiger partial charge on any atom is 0.416 e. The Morgan fingerprint density at radius 2 is 1.63 bits per heavy atom. The average Bonchev–Trinajstić information content (AvgIpc) is 2.73. The summed E-state index contributed by atoms with van der Waals surface area (Å²) >= 11 is 0.941. The van der Waals surface area contributed by atoms with Gasteiger partial charge in [0.2, 0.25) is 0 Å². The van der Waals surface area contributed by atoms with Gasteiger partial charge >= 0.3 is 12.4 Å². The highest BCUT2D eigenvalue weighted by molar-refractivity contribution is 8.00. The molecule has 7 nitrogen and oxygen atoms in total. The van der Waals surface area contributed by atoms with E-state index >= 15 is 0 Å². The predicted molar refractivity (Wildman–Crippen MR) is 118 cm³/mol. The smallest absolute Gasteiger partial charge is 0.346 e. The Balaban J connectivity index is 1.50. The molecule has 188 valence electrons. The van der Waals surface area contributed by atoms with Crippen LogP contribution in [0.4, 0.5) is 32.0 Å². The highest BCUT2D eigenvalue weighted by Crippen LogP contribution is 2.73. The first-order valence-electron chi connectivity index (χ1n) is 10.2. The number of nitrogens with two attached hydrogens (primary N) is 2. The van der Waals surface area contributed by atoms with Gasteiger partial charge in [-0.1, -0.05) is 0 Å². The van der Waals surface area contributed by atoms with Crippen LogP contribution in [0.1, 0.15) is 40.7 Å². The number of nitrogens with one attached hydrogen (secondary N) is 3. The SMILES string of the molecule is N/N=C(\NN)c1ccc(SNc2cc(C(F)(F)F)ccc2C(=O)NC23CC(C(F)(F)F)(C2)C3)cc1. The van der Waals surface area contributed by atoms with Gasteiger partial charge in [0.1, 0.15) is 0 Å². The zero-order valence-electron chi connectivity index (χ0n) is 17.8. The van der Waals surface area contributed by atoms with E-state index in [4.69, 9.17) is 11.7 Å². The van der Waals surface area contributed by atoms with E-state index in [0.29, 0.717) is 10.5 Å². The van der Waals surface area contributed by atoms with Crippen molar-refractivity contribution in [2.24, 2.45) is 22.2 Å². The Kier molecular flexibility index (Phi) is 6.08. The quantitative estimate of drug-likeness (QED) is 0.0981. The number of anilines is 1. The van der Waals surface area contributed by atoms with Crippen LogP contribution in [0.2, 0.25) is 0 Å². The van der Waals surface area contributed by atoms with Crippen LogP contribution in [0, 0.1) is 5.41 Å². The summed E-state index contributed by atoms with van der Waals surface area (Å²) in [5, 5.41) is 6.06. The molecule has 0 atom stereocenters. The first-order chi connectivity index (χ1) is 16.3. The molecule has 1 amide bonds. The van der Waals surface area contributed by atoms with E-state index in [-0.39, 0.29) is 36.3 Å². The van der Waals surface area contributed by atoms with Crippen molar-refractivity contribution in [3.05, 3.63) is 59.2 Å². The lowest BCUT2D eigenvalue weighted by Crippen LogP contribution is -2.78. The van der Waals surface area contributed by atoms with Crippen LogP contribution in [0.3, 0.4) is 0 Å². The fourth-order valence-corrected chi connectivity index (χ4v) is 5.19. The Labute approximate surface area is 199 Å². The zero-order chi connectivity index (χ0) is 25.6. The molecule has 7 N–H and O–H groups in total. The Hall–Kier alpha value is -3.13. The fourth-order valence-electron chi connectivity index (χ4n) is 4.52. The molecule has 0 aromatic heterocycles.